The molecular weight excluding hydrogens is 212 g/mol. The second-order valence-corrected chi connectivity index (χ2v) is 4.29. The number of imidazole rings is 1. The van der Waals surface area contributed by atoms with Crippen molar-refractivity contribution in [2.45, 2.75) is 26.3 Å². The Hall–Kier alpha value is -1.68. The van der Waals surface area contributed by atoms with Gasteiger partial charge in [0.2, 0.25) is 0 Å². The summed E-state index contributed by atoms with van der Waals surface area (Å²) in [6.45, 7) is 4.09. The highest BCUT2D eigenvalue weighted by Gasteiger charge is 2.00. The molecule has 0 aliphatic heterocycles. The fourth-order valence-electron chi connectivity index (χ4n) is 1.65. The molecule has 4 heteroatoms. The van der Waals surface area contributed by atoms with Crippen molar-refractivity contribution in [3.8, 4) is 0 Å². The van der Waals surface area contributed by atoms with Crippen molar-refractivity contribution in [1.82, 2.24) is 20.3 Å². The Morgan fingerprint density at radius 2 is 2.35 bits per heavy atom. The number of nitrogens with zero attached hydrogens (tertiary/aromatic N) is 2. The summed E-state index contributed by atoms with van der Waals surface area (Å²) in [5, 5.41) is 3.20. The smallest absolute Gasteiger partial charge is 0.177 e. The molecule has 90 valence electrons. The molecule has 2 heterocycles. The lowest BCUT2D eigenvalue weighted by Gasteiger charge is -2.04. The number of aromatic amines is 1. The summed E-state index contributed by atoms with van der Waals surface area (Å²) in [5.41, 5.74) is 2.87. The zero-order valence-corrected chi connectivity index (χ0v) is 10.5. The van der Waals surface area contributed by atoms with Gasteiger partial charge in [-0.3, -0.25) is 0 Å². The zero-order chi connectivity index (χ0) is 12.3. The minimum Gasteiger partial charge on any atom is -0.341 e. The number of pyridine rings is 1. The van der Waals surface area contributed by atoms with Gasteiger partial charge >= 0.3 is 0 Å². The van der Waals surface area contributed by atoms with Crippen molar-refractivity contribution in [1.29, 1.82) is 0 Å². The molecule has 2 rings (SSSR count). The summed E-state index contributed by atoms with van der Waals surface area (Å²) in [6, 6.07) is 2.57. The average molecular weight is 230 g/mol. The summed E-state index contributed by atoms with van der Waals surface area (Å²) in [5.74, 6) is 0.900. The minimum absolute atomic E-state index is 0.498. The van der Waals surface area contributed by atoms with E-state index in [-0.39, 0.29) is 0 Å². The molecule has 0 amide bonds. The van der Waals surface area contributed by atoms with Gasteiger partial charge < -0.3 is 10.3 Å². The average Bonchev–Trinajstić information content (AvgIpc) is 2.68. The number of fused-ring (bicyclic) bond motifs is 1. The first-order chi connectivity index (χ1) is 8.19. The normalized spacial score (nSPS) is 13.6. The number of hydrogen-bond acceptors (Lipinski definition) is 3. The van der Waals surface area contributed by atoms with Crippen molar-refractivity contribution >= 4 is 17.2 Å². The lowest BCUT2D eigenvalue weighted by molar-refractivity contribution is 0.621. The van der Waals surface area contributed by atoms with Gasteiger partial charge in [0, 0.05) is 12.2 Å². The van der Waals surface area contributed by atoms with E-state index in [2.05, 4.69) is 45.4 Å². The van der Waals surface area contributed by atoms with Crippen LogP contribution >= 0.6 is 0 Å². The molecule has 17 heavy (non-hydrogen) atoms. The molecule has 2 aromatic heterocycles. The number of aromatic nitrogens is 3. The first-order valence-corrected chi connectivity index (χ1v) is 5.85. The highest BCUT2D eigenvalue weighted by atomic mass is 15.0. The van der Waals surface area contributed by atoms with E-state index in [1.807, 2.05) is 20.2 Å². The molecule has 4 nitrogen and oxygen atoms in total. The standard InChI is InChI=1S/C13H18N4/c1-9(14-3)5-4-6-11-7-12-13(15-8-11)17-10(2)16-12/h4,6-9,14H,5H2,1-3H3,(H,15,16,17). The van der Waals surface area contributed by atoms with Gasteiger partial charge in [0.05, 0.1) is 5.52 Å². The molecular formula is C13H18N4. The van der Waals surface area contributed by atoms with Gasteiger partial charge in [0.15, 0.2) is 5.65 Å². The highest BCUT2D eigenvalue weighted by molar-refractivity contribution is 5.73. The molecule has 0 fully saturated rings. The first kappa shape index (κ1) is 11.8. The van der Waals surface area contributed by atoms with Crippen molar-refractivity contribution in [2.24, 2.45) is 0 Å². The van der Waals surface area contributed by atoms with Gasteiger partial charge in [-0.25, -0.2) is 9.97 Å². The molecule has 1 atom stereocenters. The maximum absolute atomic E-state index is 4.31. The first-order valence-electron chi connectivity index (χ1n) is 5.85. The number of H-pyrrole nitrogens is 1. The Balaban J connectivity index is 2.13. The molecule has 0 aliphatic rings. The summed E-state index contributed by atoms with van der Waals surface area (Å²) in [7, 11) is 1.97. The highest BCUT2D eigenvalue weighted by Crippen LogP contribution is 2.12. The van der Waals surface area contributed by atoms with Crippen molar-refractivity contribution < 1.29 is 0 Å². The second kappa shape index (κ2) is 5.10. The maximum Gasteiger partial charge on any atom is 0.177 e. The third kappa shape index (κ3) is 2.91. The van der Waals surface area contributed by atoms with E-state index in [1.165, 1.54) is 0 Å². The van der Waals surface area contributed by atoms with Crippen molar-refractivity contribution in [3.63, 3.8) is 0 Å². The number of aryl methyl sites for hydroxylation is 1. The topological polar surface area (TPSA) is 53.6 Å². The summed E-state index contributed by atoms with van der Waals surface area (Å²) in [4.78, 5) is 11.8. The predicted octanol–water partition coefficient (Wildman–Crippen LogP) is 2.28. The van der Waals surface area contributed by atoms with Crippen LogP contribution in [0.2, 0.25) is 0 Å². The molecule has 0 aliphatic carbocycles. The van der Waals surface area contributed by atoms with Crippen LogP contribution in [-0.4, -0.2) is 28.0 Å². The number of hydrogen-bond donors (Lipinski definition) is 2. The Labute approximate surface area is 101 Å². The van der Waals surface area contributed by atoms with Crippen LogP contribution < -0.4 is 5.32 Å². The largest absolute Gasteiger partial charge is 0.341 e. The van der Waals surface area contributed by atoms with Gasteiger partial charge in [0.25, 0.3) is 0 Å². The van der Waals surface area contributed by atoms with E-state index in [4.69, 9.17) is 0 Å². The van der Waals surface area contributed by atoms with Gasteiger partial charge in [-0.1, -0.05) is 12.2 Å². The van der Waals surface area contributed by atoms with E-state index >= 15 is 0 Å². The van der Waals surface area contributed by atoms with E-state index in [9.17, 15) is 0 Å². The van der Waals surface area contributed by atoms with Crippen LogP contribution in [0.3, 0.4) is 0 Å². The van der Waals surface area contributed by atoms with Gasteiger partial charge in [0.1, 0.15) is 5.82 Å². The molecule has 0 radical (unpaired) electrons. The Kier molecular flexibility index (Phi) is 3.54. The van der Waals surface area contributed by atoms with Crippen LogP contribution in [0.5, 0.6) is 0 Å². The van der Waals surface area contributed by atoms with E-state index in [0.717, 1.165) is 29.0 Å². The van der Waals surface area contributed by atoms with Crippen LogP contribution in [-0.2, 0) is 0 Å². The lowest BCUT2D eigenvalue weighted by Crippen LogP contribution is -2.19. The molecule has 0 aromatic carbocycles. The molecule has 0 saturated carbocycles. The Morgan fingerprint density at radius 1 is 1.53 bits per heavy atom. The Bertz CT molecular complexity index is 527. The minimum atomic E-state index is 0.498. The molecule has 0 spiro atoms. The third-order valence-corrected chi connectivity index (χ3v) is 2.77. The molecule has 2 aromatic rings. The number of nitrogens with one attached hydrogen (secondary N) is 2. The van der Waals surface area contributed by atoms with Crippen LogP contribution in [0.4, 0.5) is 0 Å². The number of rotatable bonds is 4. The summed E-state index contributed by atoms with van der Waals surface area (Å²) in [6.07, 6.45) is 7.11. The third-order valence-electron chi connectivity index (χ3n) is 2.77. The monoisotopic (exact) mass is 230 g/mol. The van der Waals surface area contributed by atoms with Crippen LogP contribution in [0.25, 0.3) is 17.2 Å². The van der Waals surface area contributed by atoms with Crippen molar-refractivity contribution in [2.75, 3.05) is 7.05 Å². The predicted molar refractivity (Wildman–Crippen MR) is 70.8 cm³/mol. The SMILES string of the molecule is CNC(C)CC=Cc1cnc2nc(C)[nH]c2c1. The van der Waals surface area contributed by atoms with Gasteiger partial charge in [-0.2, -0.15) is 0 Å². The molecule has 1 unspecified atom stereocenters. The quantitative estimate of drug-likeness (QED) is 0.847. The van der Waals surface area contributed by atoms with Crippen LogP contribution in [0.15, 0.2) is 18.3 Å². The fraction of sp³-hybridized carbons (Fsp3) is 0.385. The van der Waals surface area contributed by atoms with Crippen molar-refractivity contribution in [3.05, 3.63) is 29.7 Å². The van der Waals surface area contributed by atoms with Crippen LogP contribution in [0.1, 0.15) is 24.7 Å². The molecule has 0 bridgehead atoms. The molecule has 0 saturated heterocycles. The van der Waals surface area contributed by atoms with E-state index in [1.54, 1.807) is 0 Å². The van der Waals surface area contributed by atoms with E-state index < -0.39 is 0 Å². The summed E-state index contributed by atoms with van der Waals surface area (Å²) >= 11 is 0. The Morgan fingerprint density at radius 3 is 3.12 bits per heavy atom. The lowest BCUT2D eigenvalue weighted by atomic mass is 10.2. The zero-order valence-electron chi connectivity index (χ0n) is 10.5. The van der Waals surface area contributed by atoms with E-state index in [0.29, 0.717) is 6.04 Å². The fourth-order valence-corrected chi connectivity index (χ4v) is 1.65. The van der Waals surface area contributed by atoms with Gasteiger partial charge in [-0.15, -0.1) is 0 Å². The van der Waals surface area contributed by atoms with Gasteiger partial charge in [-0.05, 0) is 38.9 Å². The maximum atomic E-state index is 4.31. The van der Waals surface area contributed by atoms with Crippen LogP contribution in [0, 0.1) is 6.92 Å². The second-order valence-electron chi connectivity index (χ2n) is 4.29. The summed E-state index contributed by atoms with van der Waals surface area (Å²) < 4.78 is 0. The molecule has 2 N–H and O–H groups in total.